The molecule has 1 N–H and O–H groups in total. The third kappa shape index (κ3) is 4.75. The van der Waals surface area contributed by atoms with E-state index in [4.69, 9.17) is 4.74 Å². The van der Waals surface area contributed by atoms with Crippen molar-refractivity contribution in [2.75, 3.05) is 13.7 Å². The molecule has 0 bridgehead atoms. The molecule has 5 heteroatoms. The summed E-state index contributed by atoms with van der Waals surface area (Å²) in [5, 5.41) is 7.92. The molecule has 2 aromatic rings. The van der Waals surface area contributed by atoms with Crippen LogP contribution in [0.2, 0.25) is 0 Å². The summed E-state index contributed by atoms with van der Waals surface area (Å²) in [6, 6.07) is 8.64. The zero-order valence-electron chi connectivity index (χ0n) is 13.8. The summed E-state index contributed by atoms with van der Waals surface area (Å²) in [5.74, 6) is 0.918. The van der Waals surface area contributed by atoms with Gasteiger partial charge in [-0.05, 0) is 51.4 Å². The van der Waals surface area contributed by atoms with Crippen LogP contribution in [0, 0.1) is 6.92 Å². The van der Waals surface area contributed by atoms with Gasteiger partial charge in [0.25, 0.3) is 0 Å². The fourth-order valence-electron chi connectivity index (χ4n) is 2.44. The predicted molar refractivity (Wildman–Crippen MR) is 93.0 cm³/mol. The first kappa shape index (κ1) is 18.5. The van der Waals surface area contributed by atoms with Crippen LogP contribution < -0.4 is 10.1 Å². The van der Waals surface area contributed by atoms with Gasteiger partial charge in [0.1, 0.15) is 5.75 Å². The van der Waals surface area contributed by atoms with E-state index in [1.54, 1.807) is 7.11 Å². The number of nitrogens with one attached hydrogen (secondary N) is 1. The maximum Gasteiger partial charge on any atom is 0.119 e. The number of hydrogen-bond acceptors (Lipinski definition) is 3. The topological polar surface area (TPSA) is 39.1 Å². The molecular weight excluding hydrogens is 298 g/mol. The molecule has 2 rings (SSSR count). The Kier molecular flexibility index (Phi) is 7.42. The summed E-state index contributed by atoms with van der Waals surface area (Å²) in [4.78, 5) is 0. The van der Waals surface area contributed by atoms with Gasteiger partial charge in [-0.2, -0.15) is 5.10 Å². The lowest BCUT2D eigenvalue weighted by Gasteiger charge is -2.09. The minimum absolute atomic E-state index is 0. The van der Waals surface area contributed by atoms with Crippen LogP contribution in [0.5, 0.6) is 5.75 Å². The number of nitrogens with zero attached hydrogens (tertiary/aromatic N) is 2. The second kappa shape index (κ2) is 8.81. The summed E-state index contributed by atoms with van der Waals surface area (Å²) in [7, 11) is 1.70. The first-order valence-corrected chi connectivity index (χ1v) is 7.48. The normalized spacial score (nSPS) is 10.6. The summed E-state index contributed by atoms with van der Waals surface area (Å²) in [6.45, 7) is 8.24. The average Bonchev–Trinajstić information content (AvgIpc) is 2.85. The average molecular weight is 324 g/mol. The van der Waals surface area contributed by atoms with E-state index >= 15 is 0 Å². The van der Waals surface area contributed by atoms with Crippen LogP contribution in [0.25, 0.3) is 0 Å². The van der Waals surface area contributed by atoms with E-state index in [0.717, 1.165) is 25.3 Å². The van der Waals surface area contributed by atoms with Crippen molar-refractivity contribution in [1.29, 1.82) is 0 Å². The lowest BCUT2D eigenvalue weighted by atomic mass is 10.1. The SMILES string of the molecule is COc1cccc(CCNCc2cnn(C(C)C)c2C)c1.Cl. The molecule has 0 amide bonds. The highest BCUT2D eigenvalue weighted by molar-refractivity contribution is 5.85. The van der Waals surface area contributed by atoms with E-state index in [1.807, 2.05) is 18.3 Å². The number of hydrogen-bond donors (Lipinski definition) is 1. The van der Waals surface area contributed by atoms with Gasteiger partial charge in [0.2, 0.25) is 0 Å². The molecule has 0 atom stereocenters. The maximum absolute atomic E-state index is 5.24. The Bertz CT molecular complexity index is 581. The first-order valence-electron chi connectivity index (χ1n) is 7.48. The van der Waals surface area contributed by atoms with Crippen molar-refractivity contribution in [2.45, 2.75) is 39.8 Å². The van der Waals surface area contributed by atoms with Gasteiger partial charge in [0, 0.05) is 23.8 Å². The molecule has 0 spiro atoms. The summed E-state index contributed by atoms with van der Waals surface area (Å²) >= 11 is 0. The Morgan fingerprint density at radius 3 is 2.73 bits per heavy atom. The van der Waals surface area contributed by atoms with Crippen molar-refractivity contribution in [3.05, 3.63) is 47.3 Å². The van der Waals surface area contributed by atoms with Crippen molar-refractivity contribution in [3.63, 3.8) is 0 Å². The van der Waals surface area contributed by atoms with Gasteiger partial charge in [-0.25, -0.2) is 0 Å². The molecule has 4 nitrogen and oxygen atoms in total. The molecule has 1 aromatic carbocycles. The summed E-state index contributed by atoms with van der Waals surface area (Å²) in [6.07, 6.45) is 2.96. The minimum Gasteiger partial charge on any atom is -0.497 e. The number of benzene rings is 1. The molecule has 0 unspecified atom stereocenters. The fourth-order valence-corrected chi connectivity index (χ4v) is 2.44. The molecule has 0 aliphatic rings. The third-order valence-electron chi connectivity index (χ3n) is 3.68. The van der Waals surface area contributed by atoms with Gasteiger partial charge >= 0.3 is 0 Å². The number of ether oxygens (including phenoxy) is 1. The van der Waals surface area contributed by atoms with Gasteiger partial charge in [-0.15, -0.1) is 12.4 Å². The van der Waals surface area contributed by atoms with Crippen LogP contribution >= 0.6 is 12.4 Å². The Morgan fingerprint density at radius 2 is 2.09 bits per heavy atom. The van der Waals surface area contributed by atoms with Gasteiger partial charge in [0.15, 0.2) is 0 Å². The van der Waals surface area contributed by atoms with Gasteiger partial charge < -0.3 is 10.1 Å². The van der Waals surface area contributed by atoms with Crippen LogP contribution in [0.15, 0.2) is 30.5 Å². The molecule has 0 aliphatic heterocycles. The number of halogens is 1. The predicted octanol–water partition coefficient (Wildman–Crippen LogP) is 3.54. The third-order valence-corrected chi connectivity index (χ3v) is 3.68. The van der Waals surface area contributed by atoms with Gasteiger partial charge in [-0.1, -0.05) is 12.1 Å². The van der Waals surface area contributed by atoms with Crippen molar-refractivity contribution in [1.82, 2.24) is 15.1 Å². The Labute approximate surface area is 139 Å². The standard InChI is InChI=1S/C17H25N3O.ClH/c1-13(2)20-14(3)16(12-19-20)11-18-9-8-15-6-5-7-17(10-15)21-4;/h5-7,10,12-13,18H,8-9,11H2,1-4H3;1H. The first-order chi connectivity index (χ1) is 10.1. The van der Waals surface area contributed by atoms with Crippen molar-refractivity contribution in [3.8, 4) is 5.75 Å². The molecule has 0 saturated heterocycles. The Balaban J connectivity index is 0.00000242. The lowest BCUT2D eigenvalue weighted by molar-refractivity contribution is 0.414. The fraction of sp³-hybridized carbons (Fsp3) is 0.471. The summed E-state index contributed by atoms with van der Waals surface area (Å²) < 4.78 is 7.31. The van der Waals surface area contributed by atoms with E-state index in [0.29, 0.717) is 6.04 Å². The van der Waals surface area contributed by atoms with Gasteiger partial charge in [-0.3, -0.25) is 4.68 Å². The number of aromatic nitrogens is 2. The van der Waals surface area contributed by atoms with E-state index < -0.39 is 0 Å². The second-order valence-corrected chi connectivity index (χ2v) is 5.57. The molecule has 0 saturated carbocycles. The van der Waals surface area contributed by atoms with Gasteiger partial charge in [0.05, 0.1) is 13.3 Å². The monoisotopic (exact) mass is 323 g/mol. The minimum atomic E-state index is 0. The Hall–Kier alpha value is -1.52. The molecule has 0 fully saturated rings. The molecular formula is C17H26ClN3O. The zero-order valence-corrected chi connectivity index (χ0v) is 14.6. The zero-order chi connectivity index (χ0) is 15.2. The van der Waals surface area contributed by atoms with E-state index in [2.05, 4.69) is 48.0 Å². The van der Waals surface area contributed by atoms with Crippen molar-refractivity contribution in [2.24, 2.45) is 0 Å². The molecule has 0 radical (unpaired) electrons. The molecule has 22 heavy (non-hydrogen) atoms. The van der Waals surface area contributed by atoms with Crippen molar-refractivity contribution >= 4 is 12.4 Å². The molecule has 1 aromatic heterocycles. The Morgan fingerprint density at radius 1 is 1.32 bits per heavy atom. The highest BCUT2D eigenvalue weighted by Crippen LogP contribution is 2.14. The lowest BCUT2D eigenvalue weighted by Crippen LogP contribution is -2.17. The largest absolute Gasteiger partial charge is 0.497 e. The number of rotatable bonds is 7. The number of methoxy groups -OCH3 is 1. The highest BCUT2D eigenvalue weighted by atomic mass is 35.5. The van der Waals surface area contributed by atoms with E-state index in [1.165, 1.54) is 16.8 Å². The van der Waals surface area contributed by atoms with E-state index in [9.17, 15) is 0 Å². The van der Waals surface area contributed by atoms with Crippen LogP contribution in [0.4, 0.5) is 0 Å². The maximum atomic E-state index is 5.24. The molecule has 122 valence electrons. The van der Waals surface area contributed by atoms with Crippen LogP contribution in [0.3, 0.4) is 0 Å². The molecule has 0 aliphatic carbocycles. The van der Waals surface area contributed by atoms with Crippen LogP contribution in [-0.2, 0) is 13.0 Å². The quantitative estimate of drug-likeness (QED) is 0.792. The molecule has 1 heterocycles. The summed E-state index contributed by atoms with van der Waals surface area (Å²) in [5.41, 5.74) is 3.81. The second-order valence-electron chi connectivity index (χ2n) is 5.57. The highest BCUT2D eigenvalue weighted by Gasteiger charge is 2.08. The van der Waals surface area contributed by atoms with Crippen LogP contribution in [-0.4, -0.2) is 23.4 Å². The van der Waals surface area contributed by atoms with Crippen molar-refractivity contribution < 1.29 is 4.74 Å². The smallest absolute Gasteiger partial charge is 0.119 e. The van der Waals surface area contributed by atoms with Crippen LogP contribution in [0.1, 0.15) is 36.7 Å². The van der Waals surface area contributed by atoms with E-state index in [-0.39, 0.29) is 12.4 Å².